The smallest absolute Gasteiger partial charge is 0.213 e. The van der Waals surface area contributed by atoms with E-state index in [2.05, 4.69) is 72.6 Å². The molecular formula is C19H28N4OS. The van der Waals surface area contributed by atoms with Gasteiger partial charge in [0.05, 0.1) is 12.7 Å². The summed E-state index contributed by atoms with van der Waals surface area (Å²) in [5.41, 5.74) is -0.0325. The molecule has 2 aromatic rings. The fourth-order valence-corrected chi connectivity index (χ4v) is 3.08. The first-order chi connectivity index (χ1) is 11.9. The van der Waals surface area contributed by atoms with E-state index >= 15 is 0 Å². The summed E-state index contributed by atoms with van der Waals surface area (Å²) < 4.78 is 5.79. The number of thioether (sulfide) groups is 1. The lowest BCUT2D eigenvalue weighted by molar-refractivity contribution is 0.379. The third-order valence-electron chi connectivity index (χ3n) is 3.56. The van der Waals surface area contributed by atoms with Crippen molar-refractivity contribution in [3.8, 4) is 0 Å². The van der Waals surface area contributed by atoms with Crippen LogP contribution in [0.4, 0.5) is 0 Å². The molecule has 0 saturated heterocycles. The van der Waals surface area contributed by atoms with Crippen LogP contribution < -0.4 is 10.6 Å². The highest BCUT2D eigenvalue weighted by atomic mass is 32.2. The number of hydrogen-bond donors (Lipinski definition) is 2. The van der Waals surface area contributed by atoms with Crippen molar-refractivity contribution in [3.05, 3.63) is 48.2 Å². The minimum absolute atomic E-state index is 0.0325. The Labute approximate surface area is 154 Å². The first-order valence-electron chi connectivity index (χ1n) is 8.50. The summed E-state index contributed by atoms with van der Waals surface area (Å²) in [4.78, 5) is 9.85. The van der Waals surface area contributed by atoms with Gasteiger partial charge in [-0.15, -0.1) is 11.8 Å². The monoisotopic (exact) mass is 360 g/mol. The molecule has 0 bridgehead atoms. The number of aromatic nitrogens is 1. The summed E-state index contributed by atoms with van der Waals surface area (Å²) in [5.74, 6) is 2.30. The zero-order chi connectivity index (χ0) is 18.3. The van der Waals surface area contributed by atoms with Gasteiger partial charge in [-0.3, -0.25) is 4.99 Å². The van der Waals surface area contributed by atoms with Crippen LogP contribution in [0, 0.1) is 0 Å². The first kappa shape index (κ1) is 19.4. The van der Waals surface area contributed by atoms with E-state index < -0.39 is 0 Å². The van der Waals surface area contributed by atoms with Gasteiger partial charge in [0.1, 0.15) is 5.76 Å². The largest absolute Gasteiger partial charge is 0.443 e. The SMILES string of the molecule is CN=C(NCc1ncc(C(C)(C)C)o1)NCC(C)Sc1ccccc1. The Morgan fingerprint density at radius 3 is 2.56 bits per heavy atom. The third-order valence-corrected chi connectivity index (χ3v) is 4.67. The predicted molar refractivity (Wildman–Crippen MR) is 105 cm³/mol. The lowest BCUT2D eigenvalue weighted by atomic mass is 9.94. The van der Waals surface area contributed by atoms with Crippen molar-refractivity contribution in [3.63, 3.8) is 0 Å². The van der Waals surface area contributed by atoms with Crippen molar-refractivity contribution >= 4 is 17.7 Å². The third kappa shape index (κ3) is 6.46. The maximum absolute atomic E-state index is 5.79. The number of hydrogen-bond acceptors (Lipinski definition) is 4. The van der Waals surface area contributed by atoms with Crippen molar-refractivity contribution in [2.75, 3.05) is 13.6 Å². The highest BCUT2D eigenvalue weighted by Crippen LogP contribution is 2.23. The number of nitrogens with one attached hydrogen (secondary N) is 2. The summed E-state index contributed by atoms with van der Waals surface area (Å²) >= 11 is 1.84. The Morgan fingerprint density at radius 1 is 1.24 bits per heavy atom. The van der Waals surface area contributed by atoms with Crippen LogP contribution in [0.15, 0.2) is 50.8 Å². The van der Waals surface area contributed by atoms with Crippen LogP contribution in [0.25, 0.3) is 0 Å². The molecule has 2 rings (SSSR count). The van der Waals surface area contributed by atoms with Crippen LogP contribution >= 0.6 is 11.8 Å². The molecule has 2 N–H and O–H groups in total. The molecule has 0 radical (unpaired) electrons. The van der Waals surface area contributed by atoms with Crippen LogP contribution in [0.1, 0.15) is 39.3 Å². The Morgan fingerprint density at radius 2 is 1.96 bits per heavy atom. The average Bonchev–Trinajstić information content (AvgIpc) is 3.05. The van der Waals surface area contributed by atoms with Crippen LogP contribution in [-0.2, 0) is 12.0 Å². The quantitative estimate of drug-likeness (QED) is 0.466. The molecule has 6 heteroatoms. The van der Waals surface area contributed by atoms with Crippen molar-refractivity contribution in [1.29, 1.82) is 0 Å². The highest BCUT2D eigenvalue weighted by Gasteiger charge is 2.19. The van der Waals surface area contributed by atoms with Gasteiger partial charge in [0.15, 0.2) is 5.96 Å². The second-order valence-electron chi connectivity index (χ2n) is 6.92. The van der Waals surface area contributed by atoms with Crippen molar-refractivity contribution in [2.45, 2.75) is 49.8 Å². The molecule has 1 atom stereocenters. The van der Waals surface area contributed by atoms with Gasteiger partial charge in [-0.2, -0.15) is 0 Å². The Kier molecular flexibility index (Phi) is 6.93. The van der Waals surface area contributed by atoms with Gasteiger partial charge in [-0.05, 0) is 12.1 Å². The number of guanidine groups is 1. The number of oxazole rings is 1. The zero-order valence-electron chi connectivity index (χ0n) is 15.7. The van der Waals surface area contributed by atoms with E-state index in [1.165, 1.54) is 4.90 Å². The van der Waals surface area contributed by atoms with Crippen LogP contribution in [0.5, 0.6) is 0 Å². The normalized spacial score (nSPS) is 13.6. The van der Waals surface area contributed by atoms with E-state index in [9.17, 15) is 0 Å². The maximum Gasteiger partial charge on any atom is 0.213 e. The molecule has 1 unspecified atom stereocenters. The molecular weight excluding hydrogens is 332 g/mol. The van der Waals surface area contributed by atoms with Crippen molar-refractivity contribution < 1.29 is 4.42 Å². The van der Waals surface area contributed by atoms with Gasteiger partial charge in [-0.25, -0.2) is 4.98 Å². The average molecular weight is 361 g/mol. The standard InChI is InChI=1S/C19H28N4OS/c1-14(25-15-9-7-6-8-10-15)11-22-18(20-5)23-13-17-21-12-16(24-17)19(2,3)4/h6-10,12,14H,11,13H2,1-5H3,(H2,20,22,23). The summed E-state index contributed by atoms with van der Waals surface area (Å²) in [6.45, 7) is 9.85. The summed E-state index contributed by atoms with van der Waals surface area (Å²) in [6.07, 6.45) is 1.80. The fourth-order valence-electron chi connectivity index (χ4n) is 2.13. The van der Waals surface area contributed by atoms with Crippen LogP contribution in [-0.4, -0.2) is 29.8 Å². The number of benzene rings is 1. The highest BCUT2D eigenvalue weighted by molar-refractivity contribution is 8.00. The second kappa shape index (κ2) is 8.94. The molecule has 0 fully saturated rings. The van der Waals surface area contributed by atoms with Gasteiger partial charge in [0, 0.05) is 29.2 Å². The lowest BCUT2D eigenvalue weighted by Crippen LogP contribution is -2.39. The van der Waals surface area contributed by atoms with E-state index in [4.69, 9.17) is 4.42 Å². The number of aliphatic imine (C=N–C) groups is 1. The summed E-state index contributed by atoms with van der Waals surface area (Å²) in [7, 11) is 1.76. The summed E-state index contributed by atoms with van der Waals surface area (Å²) in [6, 6.07) is 10.4. The molecule has 136 valence electrons. The number of rotatable bonds is 6. The zero-order valence-corrected chi connectivity index (χ0v) is 16.5. The van der Waals surface area contributed by atoms with Crippen LogP contribution in [0.3, 0.4) is 0 Å². The van der Waals surface area contributed by atoms with Crippen molar-refractivity contribution in [2.24, 2.45) is 4.99 Å². The topological polar surface area (TPSA) is 62.5 Å². The van der Waals surface area contributed by atoms with E-state index in [0.717, 1.165) is 18.3 Å². The Balaban J connectivity index is 1.78. The molecule has 0 spiro atoms. The van der Waals surface area contributed by atoms with Gasteiger partial charge in [0.2, 0.25) is 5.89 Å². The fraction of sp³-hybridized carbons (Fsp3) is 0.474. The molecule has 0 aliphatic heterocycles. The molecule has 0 aliphatic carbocycles. The van der Waals surface area contributed by atoms with Crippen molar-refractivity contribution in [1.82, 2.24) is 15.6 Å². The molecule has 5 nitrogen and oxygen atoms in total. The van der Waals surface area contributed by atoms with Gasteiger partial charge in [0.25, 0.3) is 0 Å². The number of nitrogens with zero attached hydrogens (tertiary/aromatic N) is 2. The first-order valence-corrected chi connectivity index (χ1v) is 9.38. The molecule has 0 saturated carbocycles. The molecule has 1 aromatic heterocycles. The van der Waals surface area contributed by atoms with Gasteiger partial charge < -0.3 is 15.1 Å². The van der Waals surface area contributed by atoms with E-state index in [1.54, 1.807) is 13.2 Å². The second-order valence-corrected chi connectivity index (χ2v) is 8.43. The Hall–Kier alpha value is -1.95. The molecule has 1 aromatic carbocycles. The molecule has 0 aliphatic rings. The van der Waals surface area contributed by atoms with E-state index in [0.29, 0.717) is 17.7 Å². The van der Waals surface area contributed by atoms with Gasteiger partial charge >= 0.3 is 0 Å². The minimum Gasteiger partial charge on any atom is -0.443 e. The molecule has 25 heavy (non-hydrogen) atoms. The van der Waals surface area contributed by atoms with E-state index in [1.807, 2.05) is 17.8 Å². The maximum atomic E-state index is 5.79. The predicted octanol–water partition coefficient (Wildman–Crippen LogP) is 3.82. The molecule has 1 heterocycles. The molecule has 0 amide bonds. The minimum atomic E-state index is -0.0325. The lowest BCUT2D eigenvalue weighted by Gasteiger charge is -2.15. The summed E-state index contributed by atoms with van der Waals surface area (Å²) in [5, 5.41) is 7.01. The van der Waals surface area contributed by atoms with Gasteiger partial charge in [-0.1, -0.05) is 45.9 Å². The van der Waals surface area contributed by atoms with E-state index in [-0.39, 0.29) is 5.41 Å². The van der Waals surface area contributed by atoms with Crippen LogP contribution in [0.2, 0.25) is 0 Å². The Bertz CT molecular complexity index is 676.